The smallest absolute Gasteiger partial charge is 0.430 e. The zero-order valence-electron chi connectivity index (χ0n) is 14.3. The van der Waals surface area contributed by atoms with Gasteiger partial charge in [0.25, 0.3) is 0 Å². The number of carboxylic acids is 1. The van der Waals surface area contributed by atoms with Gasteiger partial charge >= 0.3 is 12.1 Å². The number of carbonyl (C=O) groups is 1. The van der Waals surface area contributed by atoms with Crippen LogP contribution in [0, 0.1) is 0 Å². The molecule has 146 valence electrons. The van der Waals surface area contributed by atoms with Crippen molar-refractivity contribution in [2.45, 2.75) is 31.5 Å². The SMILES string of the molecule is O=C(O)C1=Cc2cc(Cl)c(Oc3ccc4c(c3)CCC4)cc2OC1C(F)(F)F. The highest BCUT2D eigenvalue weighted by Crippen LogP contribution is 2.42. The van der Waals surface area contributed by atoms with Gasteiger partial charge in [-0.05, 0) is 54.7 Å². The summed E-state index contributed by atoms with van der Waals surface area (Å²) in [4.78, 5) is 11.2. The lowest BCUT2D eigenvalue weighted by molar-refractivity contribution is -0.187. The van der Waals surface area contributed by atoms with E-state index in [0.29, 0.717) is 5.75 Å². The van der Waals surface area contributed by atoms with Gasteiger partial charge in [-0.3, -0.25) is 0 Å². The Morgan fingerprint density at radius 3 is 2.64 bits per heavy atom. The molecule has 0 spiro atoms. The minimum Gasteiger partial charge on any atom is -0.478 e. The fourth-order valence-electron chi connectivity index (χ4n) is 3.43. The Labute approximate surface area is 163 Å². The number of aliphatic carboxylic acids is 1. The van der Waals surface area contributed by atoms with Crippen LogP contribution in [0.2, 0.25) is 5.02 Å². The molecule has 1 unspecified atom stereocenters. The van der Waals surface area contributed by atoms with Crippen molar-refractivity contribution >= 4 is 23.6 Å². The van der Waals surface area contributed by atoms with Gasteiger partial charge in [-0.2, -0.15) is 13.2 Å². The summed E-state index contributed by atoms with van der Waals surface area (Å²) >= 11 is 6.20. The molecule has 2 aromatic rings. The van der Waals surface area contributed by atoms with Crippen molar-refractivity contribution in [3.63, 3.8) is 0 Å². The standard InChI is InChI=1S/C20H14ClF3O4/c21-15-8-12-7-14(19(25)26)18(20(22,23)24)28-16(12)9-17(15)27-13-5-4-10-2-1-3-11(10)6-13/h4-9,18H,1-3H2,(H,25,26). The third-order valence-electron chi connectivity index (χ3n) is 4.74. The Bertz CT molecular complexity index is 998. The summed E-state index contributed by atoms with van der Waals surface area (Å²) in [6.45, 7) is 0. The summed E-state index contributed by atoms with van der Waals surface area (Å²) in [7, 11) is 0. The molecule has 1 aliphatic heterocycles. The predicted octanol–water partition coefficient (Wildman–Crippen LogP) is 5.41. The molecule has 0 radical (unpaired) electrons. The maximum absolute atomic E-state index is 13.2. The van der Waals surface area contributed by atoms with Crippen LogP contribution in [-0.4, -0.2) is 23.4 Å². The lowest BCUT2D eigenvalue weighted by atomic mass is 10.0. The van der Waals surface area contributed by atoms with Gasteiger partial charge in [-0.1, -0.05) is 17.7 Å². The van der Waals surface area contributed by atoms with Crippen LogP contribution in [0.4, 0.5) is 13.2 Å². The maximum Gasteiger partial charge on any atom is 0.430 e. The summed E-state index contributed by atoms with van der Waals surface area (Å²) in [5.74, 6) is -1.20. The molecule has 1 atom stereocenters. The number of rotatable bonds is 3. The van der Waals surface area contributed by atoms with E-state index in [1.165, 1.54) is 23.3 Å². The third-order valence-corrected chi connectivity index (χ3v) is 5.04. The molecular formula is C20H14ClF3O4. The normalized spacial score (nSPS) is 18.0. The highest BCUT2D eigenvalue weighted by Gasteiger charge is 2.48. The summed E-state index contributed by atoms with van der Waals surface area (Å²) < 4.78 is 50.4. The van der Waals surface area contributed by atoms with Gasteiger partial charge in [0, 0.05) is 11.6 Å². The fraction of sp³-hybridized carbons (Fsp3) is 0.250. The van der Waals surface area contributed by atoms with E-state index in [2.05, 4.69) is 0 Å². The summed E-state index contributed by atoms with van der Waals surface area (Å²) in [5, 5.41) is 9.22. The Morgan fingerprint density at radius 2 is 1.93 bits per heavy atom. The summed E-state index contributed by atoms with van der Waals surface area (Å²) in [5.41, 5.74) is 1.67. The van der Waals surface area contributed by atoms with E-state index in [4.69, 9.17) is 26.2 Å². The molecular weight excluding hydrogens is 397 g/mol. The number of alkyl halides is 3. The maximum atomic E-state index is 13.2. The van der Waals surface area contributed by atoms with Crippen molar-refractivity contribution in [1.82, 2.24) is 0 Å². The first kappa shape index (κ1) is 18.7. The van der Waals surface area contributed by atoms with Gasteiger partial charge in [0.15, 0.2) is 0 Å². The zero-order chi connectivity index (χ0) is 20.1. The lowest BCUT2D eigenvalue weighted by Crippen LogP contribution is -2.40. The first-order valence-electron chi connectivity index (χ1n) is 8.54. The number of hydrogen-bond donors (Lipinski definition) is 1. The highest BCUT2D eigenvalue weighted by molar-refractivity contribution is 6.32. The minimum atomic E-state index is -4.87. The van der Waals surface area contributed by atoms with Crippen molar-refractivity contribution in [3.05, 3.63) is 57.6 Å². The predicted molar refractivity (Wildman–Crippen MR) is 96.1 cm³/mol. The van der Waals surface area contributed by atoms with Crippen LogP contribution in [0.5, 0.6) is 17.2 Å². The number of carboxylic acid groups (broad SMARTS) is 1. The second-order valence-electron chi connectivity index (χ2n) is 6.65. The molecule has 0 saturated heterocycles. The first-order chi connectivity index (χ1) is 13.2. The minimum absolute atomic E-state index is 0.131. The summed E-state index contributed by atoms with van der Waals surface area (Å²) in [6.07, 6.45) is -3.48. The number of fused-ring (bicyclic) bond motifs is 2. The van der Waals surface area contributed by atoms with Crippen LogP contribution in [-0.2, 0) is 17.6 Å². The second-order valence-corrected chi connectivity index (χ2v) is 7.06. The van der Waals surface area contributed by atoms with Gasteiger partial charge in [0.05, 0.1) is 10.6 Å². The number of hydrogen-bond acceptors (Lipinski definition) is 3. The van der Waals surface area contributed by atoms with Gasteiger partial charge < -0.3 is 14.6 Å². The van der Waals surface area contributed by atoms with E-state index in [1.807, 2.05) is 12.1 Å². The fourth-order valence-corrected chi connectivity index (χ4v) is 3.64. The molecule has 8 heteroatoms. The number of halogens is 4. The van der Waals surface area contributed by atoms with E-state index in [0.717, 1.165) is 25.3 Å². The Balaban J connectivity index is 1.69. The van der Waals surface area contributed by atoms with Crippen LogP contribution < -0.4 is 9.47 Å². The van der Waals surface area contributed by atoms with Crippen LogP contribution >= 0.6 is 11.6 Å². The molecule has 0 fully saturated rings. The van der Waals surface area contributed by atoms with E-state index in [9.17, 15) is 18.0 Å². The summed E-state index contributed by atoms with van der Waals surface area (Å²) in [6, 6.07) is 8.21. The topological polar surface area (TPSA) is 55.8 Å². The van der Waals surface area contributed by atoms with Gasteiger partial charge in [-0.15, -0.1) is 0 Å². The molecule has 2 aromatic carbocycles. The highest BCUT2D eigenvalue weighted by atomic mass is 35.5. The van der Waals surface area contributed by atoms with E-state index < -0.39 is 23.8 Å². The zero-order valence-corrected chi connectivity index (χ0v) is 15.1. The molecule has 0 amide bonds. The molecule has 28 heavy (non-hydrogen) atoms. The molecule has 4 nitrogen and oxygen atoms in total. The van der Waals surface area contributed by atoms with Crippen molar-refractivity contribution in [2.75, 3.05) is 0 Å². The van der Waals surface area contributed by atoms with Crippen LogP contribution in [0.15, 0.2) is 35.9 Å². The van der Waals surface area contributed by atoms with Crippen molar-refractivity contribution in [2.24, 2.45) is 0 Å². The Hall–Kier alpha value is -2.67. The third kappa shape index (κ3) is 3.42. The average Bonchev–Trinajstić information content (AvgIpc) is 3.08. The molecule has 1 heterocycles. The number of ether oxygens (including phenoxy) is 2. The largest absolute Gasteiger partial charge is 0.478 e. The van der Waals surface area contributed by atoms with Gasteiger partial charge in [0.2, 0.25) is 6.10 Å². The Morgan fingerprint density at radius 1 is 1.18 bits per heavy atom. The van der Waals surface area contributed by atoms with E-state index >= 15 is 0 Å². The van der Waals surface area contributed by atoms with Crippen LogP contribution in [0.3, 0.4) is 0 Å². The molecule has 1 aliphatic carbocycles. The number of aryl methyl sites for hydroxylation is 2. The average molecular weight is 411 g/mol. The molecule has 0 aromatic heterocycles. The van der Waals surface area contributed by atoms with Crippen molar-refractivity contribution < 1.29 is 32.5 Å². The molecule has 2 aliphatic rings. The monoisotopic (exact) mass is 410 g/mol. The quantitative estimate of drug-likeness (QED) is 0.734. The number of benzene rings is 2. The van der Waals surface area contributed by atoms with Gasteiger partial charge in [-0.25, -0.2) is 4.79 Å². The second kappa shape index (κ2) is 6.74. The molecule has 0 saturated carbocycles. The van der Waals surface area contributed by atoms with E-state index in [1.54, 1.807) is 6.07 Å². The first-order valence-corrected chi connectivity index (χ1v) is 8.91. The van der Waals surface area contributed by atoms with E-state index in [-0.39, 0.29) is 22.1 Å². The van der Waals surface area contributed by atoms with Crippen LogP contribution in [0.1, 0.15) is 23.1 Å². The molecule has 0 bridgehead atoms. The van der Waals surface area contributed by atoms with Crippen LogP contribution in [0.25, 0.3) is 6.08 Å². The lowest BCUT2D eigenvalue weighted by Gasteiger charge is -2.27. The van der Waals surface area contributed by atoms with Gasteiger partial charge in [0.1, 0.15) is 17.2 Å². The molecule has 4 rings (SSSR count). The molecule has 1 N–H and O–H groups in total. The van der Waals surface area contributed by atoms with Crippen molar-refractivity contribution in [1.29, 1.82) is 0 Å². The Kier molecular flexibility index (Phi) is 4.50. The van der Waals surface area contributed by atoms with Crippen molar-refractivity contribution in [3.8, 4) is 17.2 Å².